The summed E-state index contributed by atoms with van der Waals surface area (Å²) in [7, 11) is 0. The molecule has 2 rings (SSSR count). The van der Waals surface area contributed by atoms with Crippen LogP contribution in [0.25, 0.3) is 0 Å². The van der Waals surface area contributed by atoms with E-state index in [1.54, 1.807) is 11.1 Å². The van der Waals surface area contributed by atoms with Gasteiger partial charge in [0.25, 0.3) is 0 Å². The number of primary amides is 1. The van der Waals surface area contributed by atoms with Crippen molar-refractivity contribution in [3.05, 3.63) is 41.6 Å². The number of hydrogen-bond donors (Lipinski definition) is 1. The van der Waals surface area contributed by atoms with Gasteiger partial charge < -0.3 is 10.6 Å². The molecule has 1 aliphatic heterocycles. The molecule has 0 aliphatic carbocycles. The van der Waals surface area contributed by atoms with Crippen LogP contribution in [0.5, 0.6) is 0 Å². The summed E-state index contributed by atoms with van der Waals surface area (Å²) < 4.78 is 37.3. The van der Waals surface area contributed by atoms with Crippen molar-refractivity contribution in [1.29, 1.82) is 0 Å². The first kappa shape index (κ1) is 13.5. The Morgan fingerprint density at radius 2 is 1.84 bits per heavy atom. The molecule has 0 spiro atoms. The van der Waals surface area contributed by atoms with Crippen LogP contribution in [0, 0.1) is 0 Å². The van der Waals surface area contributed by atoms with Crippen molar-refractivity contribution < 1.29 is 18.0 Å². The number of carbonyl (C=O) groups excluding carboxylic acids is 1. The van der Waals surface area contributed by atoms with Gasteiger partial charge in [0.05, 0.1) is 5.56 Å². The lowest BCUT2D eigenvalue weighted by molar-refractivity contribution is -0.137. The van der Waals surface area contributed by atoms with Crippen molar-refractivity contribution >= 4 is 11.6 Å². The van der Waals surface area contributed by atoms with Crippen LogP contribution < -0.4 is 10.6 Å². The molecule has 0 radical (unpaired) electrons. The zero-order chi connectivity index (χ0) is 14.0. The number of amides is 1. The van der Waals surface area contributed by atoms with Gasteiger partial charge in [-0.25, -0.2) is 0 Å². The number of nitrogens with zero attached hydrogens (tertiary/aromatic N) is 1. The summed E-state index contributed by atoms with van der Waals surface area (Å²) in [6.45, 7) is 0.655. The van der Waals surface area contributed by atoms with Crippen molar-refractivity contribution in [1.82, 2.24) is 0 Å². The smallest absolute Gasteiger partial charge is 0.366 e. The maximum Gasteiger partial charge on any atom is 0.416 e. The molecule has 1 aromatic rings. The molecule has 1 aromatic carbocycles. The summed E-state index contributed by atoms with van der Waals surface area (Å²) in [5.41, 5.74) is 5.63. The molecule has 6 heteroatoms. The van der Waals surface area contributed by atoms with Gasteiger partial charge in [0.1, 0.15) is 0 Å². The molecule has 0 saturated heterocycles. The molecule has 1 aliphatic rings. The fourth-order valence-corrected chi connectivity index (χ4v) is 1.99. The molecule has 19 heavy (non-hydrogen) atoms. The Morgan fingerprint density at radius 3 is 2.37 bits per heavy atom. The largest absolute Gasteiger partial charge is 0.416 e. The fraction of sp³-hybridized carbons (Fsp3) is 0.308. The molecule has 0 fully saturated rings. The molecule has 0 bridgehead atoms. The van der Waals surface area contributed by atoms with Crippen molar-refractivity contribution in [2.75, 3.05) is 11.4 Å². The number of alkyl halides is 3. The summed E-state index contributed by atoms with van der Waals surface area (Å²) in [5.74, 6) is -0.489. The van der Waals surface area contributed by atoms with Gasteiger partial charge in [-0.2, -0.15) is 13.2 Å². The van der Waals surface area contributed by atoms with E-state index in [4.69, 9.17) is 5.73 Å². The highest BCUT2D eigenvalue weighted by Crippen LogP contribution is 2.31. The molecule has 0 atom stereocenters. The molecule has 0 aromatic heterocycles. The van der Waals surface area contributed by atoms with E-state index in [1.165, 1.54) is 12.1 Å². The second-order valence-corrected chi connectivity index (χ2v) is 4.36. The van der Waals surface area contributed by atoms with E-state index in [0.29, 0.717) is 24.2 Å². The lowest BCUT2D eigenvalue weighted by Gasteiger charge is -2.26. The monoisotopic (exact) mass is 270 g/mol. The predicted octanol–water partition coefficient (Wildman–Crippen LogP) is 2.67. The van der Waals surface area contributed by atoms with E-state index in [-0.39, 0.29) is 0 Å². The standard InChI is InChI=1S/C13H13F3N2O/c14-13(15,16)10-3-5-11(6-4-10)18-7-1-2-9(8-18)12(17)19/h3-6,8H,1-2,7H2,(H2,17,19). The van der Waals surface area contributed by atoms with E-state index in [2.05, 4.69) is 0 Å². The number of anilines is 1. The Hall–Kier alpha value is -1.98. The van der Waals surface area contributed by atoms with Crippen LogP contribution in [0.15, 0.2) is 36.0 Å². The highest BCUT2D eigenvalue weighted by molar-refractivity contribution is 5.92. The molecule has 0 saturated carbocycles. The molecule has 3 nitrogen and oxygen atoms in total. The third-order valence-corrected chi connectivity index (χ3v) is 3.00. The molecule has 0 unspecified atom stereocenters. The summed E-state index contributed by atoms with van der Waals surface area (Å²) in [5, 5.41) is 0. The van der Waals surface area contributed by atoms with Crippen LogP contribution in [0.1, 0.15) is 18.4 Å². The summed E-state index contributed by atoms with van der Waals surface area (Å²) in [6, 6.07) is 4.84. The quantitative estimate of drug-likeness (QED) is 0.898. The first-order valence-electron chi connectivity index (χ1n) is 5.82. The number of benzene rings is 1. The normalized spacial score (nSPS) is 16.2. The van der Waals surface area contributed by atoms with Crippen molar-refractivity contribution in [3.63, 3.8) is 0 Å². The fourth-order valence-electron chi connectivity index (χ4n) is 1.99. The van der Waals surface area contributed by atoms with E-state index in [9.17, 15) is 18.0 Å². The van der Waals surface area contributed by atoms with E-state index in [1.807, 2.05) is 0 Å². The minimum absolute atomic E-state index is 0.489. The molecule has 1 heterocycles. The average Bonchev–Trinajstić information content (AvgIpc) is 2.38. The van der Waals surface area contributed by atoms with Gasteiger partial charge in [0.15, 0.2) is 0 Å². The van der Waals surface area contributed by atoms with Crippen LogP contribution >= 0.6 is 0 Å². The van der Waals surface area contributed by atoms with Crippen LogP contribution in [0.4, 0.5) is 18.9 Å². The van der Waals surface area contributed by atoms with Gasteiger partial charge in [-0.05, 0) is 37.1 Å². The number of halogens is 3. The Kier molecular flexibility index (Phi) is 3.50. The van der Waals surface area contributed by atoms with E-state index >= 15 is 0 Å². The first-order chi connectivity index (χ1) is 8.88. The summed E-state index contributed by atoms with van der Waals surface area (Å²) in [4.78, 5) is 12.8. The lowest BCUT2D eigenvalue weighted by atomic mass is 10.1. The Bertz CT molecular complexity index is 506. The van der Waals surface area contributed by atoms with Gasteiger partial charge in [0, 0.05) is 24.0 Å². The molecule has 102 valence electrons. The SMILES string of the molecule is NC(=O)C1=CN(c2ccc(C(F)(F)F)cc2)CCC1. The minimum Gasteiger partial charge on any atom is -0.366 e. The van der Waals surface area contributed by atoms with Gasteiger partial charge in [0.2, 0.25) is 5.91 Å². The van der Waals surface area contributed by atoms with Crippen molar-refractivity contribution in [2.45, 2.75) is 19.0 Å². The van der Waals surface area contributed by atoms with Crippen molar-refractivity contribution in [3.8, 4) is 0 Å². The Morgan fingerprint density at radius 1 is 1.21 bits per heavy atom. The van der Waals surface area contributed by atoms with Gasteiger partial charge >= 0.3 is 6.18 Å². The minimum atomic E-state index is -4.34. The Balaban J connectivity index is 2.23. The zero-order valence-corrected chi connectivity index (χ0v) is 10.1. The van der Waals surface area contributed by atoms with Crippen LogP contribution in [-0.2, 0) is 11.0 Å². The highest BCUT2D eigenvalue weighted by Gasteiger charge is 2.30. The van der Waals surface area contributed by atoms with Gasteiger partial charge in [-0.3, -0.25) is 4.79 Å². The van der Waals surface area contributed by atoms with Crippen LogP contribution in [0.3, 0.4) is 0 Å². The lowest BCUT2D eigenvalue weighted by Crippen LogP contribution is -2.27. The maximum absolute atomic E-state index is 12.4. The third-order valence-electron chi connectivity index (χ3n) is 3.00. The number of carbonyl (C=O) groups is 1. The number of rotatable bonds is 2. The third kappa shape index (κ3) is 3.07. The first-order valence-corrected chi connectivity index (χ1v) is 5.82. The Labute approximate surface area is 108 Å². The molecular formula is C13H13F3N2O. The molecule has 2 N–H and O–H groups in total. The zero-order valence-electron chi connectivity index (χ0n) is 10.1. The van der Waals surface area contributed by atoms with Crippen LogP contribution in [-0.4, -0.2) is 12.5 Å². The molecule has 1 amide bonds. The average molecular weight is 270 g/mol. The van der Waals surface area contributed by atoms with Crippen LogP contribution in [0.2, 0.25) is 0 Å². The number of hydrogen-bond acceptors (Lipinski definition) is 2. The van der Waals surface area contributed by atoms with E-state index < -0.39 is 17.6 Å². The second kappa shape index (κ2) is 4.95. The highest BCUT2D eigenvalue weighted by atomic mass is 19.4. The topological polar surface area (TPSA) is 46.3 Å². The maximum atomic E-state index is 12.4. The summed E-state index contributed by atoms with van der Waals surface area (Å²) in [6.07, 6.45) is -1.38. The van der Waals surface area contributed by atoms with E-state index in [0.717, 1.165) is 18.6 Å². The molecular weight excluding hydrogens is 257 g/mol. The summed E-state index contributed by atoms with van der Waals surface area (Å²) >= 11 is 0. The number of nitrogens with two attached hydrogens (primary N) is 1. The second-order valence-electron chi connectivity index (χ2n) is 4.36. The predicted molar refractivity (Wildman–Crippen MR) is 65.3 cm³/mol. The van der Waals surface area contributed by atoms with Crippen molar-refractivity contribution in [2.24, 2.45) is 5.73 Å². The van der Waals surface area contributed by atoms with Gasteiger partial charge in [-0.15, -0.1) is 0 Å². The van der Waals surface area contributed by atoms with Gasteiger partial charge in [-0.1, -0.05) is 0 Å².